The predicted molar refractivity (Wildman–Crippen MR) is 97.7 cm³/mol. The van der Waals surface area contributed by atoms with Crippen molar-refractivity contribution < 1.29 is 13.5 Å². The van der Waals surface area contributed by atoms with Gasteiger partial charge in [0, 0.05) is 22.6 Å². The van der Waals surface area contributed by atoms with Crippen LogP contribution in [0.15, 0.2) is 42.6 Å². The van der Waals surface area contributed by atoms with Gasteiger partial charge >= 0.3 is 6.61 Å². The molecule has 0 N–H and O–H groups in total. The molecule has 0 spiro atoms. The SMILES string of the molecule is FC(F)Oc1cccc2c1[C@H]1C[C@H](c3nc4ccc(Cl)cc4n31)n1nncc1-2. The molecule has 2 atom stereocenters. The van der Waals surface area contributed by atoms with Gasteiger partial charge < -0.3 is 9.30 Å². The Morgan fingerprint density at radius 3 is 2.93 bits per heavy atom. The van der Waals surface area contributed by atoms with Crippen LogP contribution < -0.4 is 4.74 Å². The first-order valence-corrected chi connectivity index (χ1v) is 9.15. The first-order valence-electron chi connectivity index (χ1n) is 8.77. The van der Waals surface area contributed by atoms with E-state index in [2.05, 4.69) is 14.9 Å². The Morgan fingerprint density at radius 2 is 2.07 bits per heavy atom. The van der Waals surface area contributed by atoms with Crippen LogP contribution in [0.3, 0.4) is 0 Å². The number of benzene rings is 2. The van der Waals surface area contributed by atoms with E-state index in [1.807, 2.05) is 22.9 Å². The summed E-state index contributed by atoms with van der Waals surface area (Å²) in [5.41, 5.74) is 3.89. The summed E-state index contributed by atoms with van der Waals surface area (Å²) in [7, 11) is 0. The first kappa shape index (κ1) is 16.0. The van der Waals surface area contributed by atoms with E-state index in [4.69, 9.17) is 21.3 Å². The Morgan fingerprint density at radius 1 is 1.18 bits per heavy atom. The lowest BCUT2D eigenvalue weighted by atomic mass is 9.96. The fourth-order valence-electron chi connectivity index (χ4n) is 4.50. The number of halogens is 3. The van der Waals surface area contributed by atoms with E-state index in [0.29, 0.717) is 17.0 Å². The summed E-state index contributed by atoms with van der Waals surface area (Å²) in [5.74, 6) is 0.967. The molecule has 0 saturated carbocycles. The van der Waals surface area contributed by atoms with E-state index < -0.39 is 6.61 Å². The number of hydrogen-bond acceptors (Lipinski definition) is 4. The van der Waals surface area contributed by atoms with E-state index >= 15 is 0 Å². The lowest BCUT2D eigenvalue weighted by Gasteiger charge is -2.21. The van der Waals surface area contributed by atoms with E-state index in [1.54, 1.807) is 24.4 Å². The van der Waals surface area contributed by atoms with Crippen LogP contribution in [0.2, 0.25) is 5.02 Å². The minimum Gasteiger partial charge on any atom is -0.434 e. The number of fused-ring (bicyclic) bond motifs is 6. The van der Waals surface area contributed by atoms with Crippen molar-refractivity contribution in [1.82, 2.24) is 24.5 Å². The molecule has 2 bridgehead atoms. The van der Waals surface area contributed by atoms with Crippen LogP contribution in [-0.2, 0) is 0 Å². The summed E-state index contributed by atoms with van der Waals surface area (Å²) in [6.07, 6.45) is 2.27. The summed E-state index contributed by atoms with van der Waals surface area (Å²) in [4.78, 5) is 4.79. The number of nitrogens with zero attached hydrogens (tertiary/aromatic N) is 5. The van der Waals surface area contributed by atoms with Crippen molar-refractivity contribution >= 4 is 22.6 Å². The zero-order valence-corrected chi connectivity index (χ0v) is 15.0. The van der Waals surface area contributed by atoms with Gasteiger partial charge in [-0.3, -0.25) is 0 Å². The second kappa shape index (κ2) is 5.51. The smallest absolute Gasteiger partial charge is 0.387 e. The Kier molecular flexibility index (Phi) is 3.15. The van der Waals surface area contributed by atoms with Crippen LogP contribution in [0.1, 0.15) is 29.9 Å². The topological polar surface area (TPSA) is 57.8 Å². The average Bonchev–Trinajstić information content (AvgIpc) is 3.33. The van der Waals surface area contributed by atoms with Gasteiger partial charge in [0.1, 0.15) is 17.6 Å². The molecule has 6 nitrogen and oxygen atoms in total. The van der Waals surface area contributed by atoms with Gasteiger partial charge in [0.05, 0.1) is 29.0 Å². The Balaban J connectivity index is 1.71. The van der Waals surface area contributed by atoms with Crippen molar-refractivity contribution in [3.63, 3.8) is 0 Å². The molecule has 0 amide bonds. The lowest BCUT2D eigenvalue weighted by Crippen LogP contribution is -2.13. The number of alkyl halides is 2. The minimum absolute atomic E-state index is 0.152. The highest BCUT2D eigenvalue weighted by atomic mass is 35.5. The van der Waals surface area contributed by atoms with E-state index in [0.717, 1.165) is 28.1 Å². The second-order valence-corrected chi connectivity index (χ2v) is 7.34. The van der Waals surface area contributed by atoms with Gasteiger partial charge in [-0.1, -0.05) is 28.9 Å². The largest absolute Gasteiger partial charge is 0.434 e. The van der Waals surface area contributed by atoms with Crippen molar-refractivity contribution in [2.24, 2.45) is 0 Å². The molecular weight excluding hydrogens is 388 g/mol. The molecule has 2 aliphatic rings. The fraction of sp³-hybridized carbons (Fsp3) is 0.211. The van der Waals surface area contributed by atoms with Crippen molar-refractivity contribution in [2.75, 3.05) is 0 Å². The third kappa shape index (κ3) is 2.03. The summed E-state index contributed by atoms with van der Waals surface area (Å²) in [6.45, 7) is -2.91. The average molecular weight is 400 g/mol. The van der Waals surface area contributed by atoms with Gasteiger partial charge in [-0.15, -0.1) is 5.10 Å². The third-order valence-electron chi connectivity index (χ3n) is 5.50. The van der Waals surface area contributed by atoms with E-state index in [9.17, 15) is 8.78 Å². The standard InChI is InChI=1S/C19H12ClF2N5O/c20-9-4-5-11-12(6-9)26-13-7-14(18(26)24-11)27-15(8-23-25-27)10-2-1-3-16(17(10)13)28-19(21)22/h1-6,8,13-14,19H,7H2/t13-,14-/m1/s1. The van der Waals surface area contributed by atoms with Crippen molar-refractivity contribution in [3.8, 4) is 17.0 Å². The predicted octanol–water partition coefficient (Wildman–Crippen LogP) is 4.45. The Labute approximate surface area is 162 Å². The number of rotatable bonds is 2. The molecule has 0 fully saturated rings. The molecule has 0 unspecified atom stereocenters. The molecule has 140 valence electrons. The molecule has 4 aromatic rings. The van der Waals surface area contributed by atoms with Gasteiger partial charge in [-0.05, 0) is 24.3 Å². The highest BCUT2D eigenvalue weighted by Crippen LogP contribution is 2.51. The molecule has 0 radical (unpaired) electrons. The number of hydrogen-bond donors (Lipinski definition) is 0. The molecule has 4 heterocycles. The molecule has 9 heteroatoms. The molecule has 0 saturated heterocycles. The van der Waals surface area contributed by atoms with Crippen LogP contribution >= 0.6 is 11.6 Å². The van der Waals surface area contributed by atoms with Crippen LogP contribution in [0, 0.1) is 0 Å². The van der Waals surface area contributed by atoms with Gasteiger partial charge in [0.25, 0.3) is 0 Å². The summed E-state index contributed by atoms with van der Waals surface area (Å²) < 4.78 is 35.0. The number of ether oxygens (including phenoxy) is 1. The maximum Gasteiger partial charge on any atom is 0.387 e. The van der Waals surface area contributed by atoms with Gasteiger partial charge in [0.15, 0.2) is 0 Å². The van der Waals surface area contributed by atoms with Crippen LogP contribution in [0.25, 0.3) is 22.3 Å². The van der Waals surface area contributed by atoms with Gasteiger partial charge in [-0.25, -0.2) is 9.67 Å². The molecule has 6 rings (SSSR count). The molecule has 2 aliphatic heterocycles. The fourth-order valence-corrected chi connectivity index (χ4v) is 4.67. The molecule has 2 aromatic heterocycles. The highest BCUT2D eigenvalue weighted by molar-refractivity contribution is 6.31. The van der Waals surface area contributed by atoms with E-state index in [-0.39, 0.29) is 17.8 Å². The summed E-state index contributed by atoms with van der Waals surface area (Å²) in [6, 6.07) is 10.3. The number of aromatic nitrogens is 5. The monoisotopic (exact) mass is 399 g/mol. The van der Waals surface area contributed by atoms with Crippen molar-refractivity contribution in [3.05, 3.63) is 59.0 Å². The molecule has 2 aromatic carbocycles. The maximum absolute atomic E-state index is 13.1. The first-order chi connectivity index (χ1) is 13.6. The van der Waals surface area contributed by atoms with Crippen molar-refractivity contribution in [2.45, 2.75) is 25.1 Å². The van der Waals surface area contributed by atoms with Gasteiger partial charge in [-0.2, -0.15) is 8.78 Å². The lowest BCUT2D eigenvalue weighted by molar-refractivity contribution is -0.0506. The van der Waals surface area contributed by atoms with E-state index in [1.165, 1.54) is 0 Å². The van der Waals surface area contributed by atoms with Crippen LogP contribution in [0.5, 0.6) is 5.75 Å². The van der Waals surface area contributed by atoms with Crippen LogP contribution in [-0.4, -0.2) is 31.2 Å². The summed E-state index contributed by atoms with van der Waals surface area (Å²) >= 11 is 6.22. The third-order valence-corrected chi connectivity index (χ3v) is 5.73. The summed E-state index contributed by atoms with van der Waals surface area (Å²) in [5, 5.41) is 8.92. The second-order valence-electron chi connectivity index (χ2n) is 6.90. The Bertz CT molecular complexity index is 1250. The zero-order chi connectivity index (χ0) is 19.0. The van der Waals surface area contributed by atoms with Gasteiger partial charge in [0.2, 0.25) is 0 Å². The number of imidazole rings is 1. The highest BCUT2D eigenvalue weighted by Gasteiger charge is 2.43. The quantitative estimate of drug-likeness (QED) is 0.500. The Hall–Kier alpha value is -3.00. The van der Waals surface area contributed by atoms with Crippen molar-refractivity contribution in [1.29, 1.82) is 0 Å². The minimum atomic E-state index is -2.91. The molecule has 0 aliphatic carbocycles. The normalized spacial score (nSPS) is 19.4. The maximum atomic E-state index is 13.1. The zero-order valence-electron chi connectivity index (χ0n) is 14.3. The van der Waals surface area contributed by atoms with Crippen LogP contribution in [0.4, 0.5) is 8.78 Å². The molecule has 28 heavy (non-hydrogen) atoms. The molecular formula is C19H12ClF2N5O.